The highest BCUT2D eigenvalue weighted by Gasteiger charge is 2.41. The van der Waals surface area contributed by atoms with Crippen LogP contribution in [0.25, 0.3) is 0 Å². The Kier molecular flexibility index (Phi) is 4.32. The molecular formula is C15H20N4O2. The molecule has 0 aromatic carbocycles. The molecule has 1 spiro atoms. The molecule has 1 saturated carbocycles. The third kappa shape index (κ3) is 3.31. The molecule has 1 aromatic rings. The van der Waals surface area contributed by atoms with Crippen LogP contribution in [-0.2, 0) is 9.47 Å². The molecule has 2 aliphatic rings. The van der Waals surface area contributed by atoms with E-state index in [9.17, 15) is 0 Å². The molecule has 6 nitrogen and oxygen atoms in total. The van der Waals surface area contributed by atoms with Crippen LogP contribution in [0.5, 0.6) is 0 Å². The molecule has 1 saturated heterocycles. The average Bonchev–Trinajstić information content (AvgIpc) is 2.77. The Balaban J connectivity index is 1.56. The average molecular weight is 288 g/mol. The van der Waals surface area contributed by atoms with E-state index in [1.54, 1.807) is 6.20 Å². The van der Waals surface area contributed by atoms with Crippen molar-refractivity contribution in [3.8, 4) is 6.07 Å². The van der Waals surface area contributed by atoms with Crippen molar-refractivity contribution in [2.45, 2.75) is 50.4 Å². The monoisotopic (exact) mass is 288 g/mol. The minimum Gasteiger partial charge on any atom is -0.365 e. The van der Waals surface area contributed by atoms with Gasteiger partial charge >= 0.3 is 0 Å². The van der Waals surface area contributed by atoms with Crippen LogP contribution in [0.15, 0.2) is 12.4 Å². The van der Waals surface area contributed by atoms with Crippen LogP contribution in [0.3, 0.4) is 0 Å². The molecule has 6 heteroatoms. The van der Waals surface area contributed by atoms with Gasteiger partial charge in [-0.05, 0) is 12.8 Å². The molecule has 1 aliphatic heterocycles. The van der Waals surface area contributed by atoms with E-state index < -0.39 is 0 Å². The van der Waals surface area contributed by atoms with E-state index >= 15 is 0 Å². The van der Waals surface area contributed by atoms with Gasteiger partial charge in [0.05, 0.1) is 6.61 Å². The summed E-state index contributed by atoms with van der Waals surface area (Å²) in [5.41, 5.74) is 0.306. The number of nitriles is 1. The van der Waals surface area contributed by atoms with E-state index in [-0.39, 0.29) is 11.9 Å². The fourth-order valence-corrected chi connectivity index (χ4v) is 3.01. The van der Waals surface area contributed by atoms with Crippen LogP contribution in [0.2, 0.25) is 0 Å². The van der Waals surface area contributed by atoms with Crippen molar-refractivity contribution in [3.05, 3.63) is 18.1 Å². The number of rotatable bonds is 3. The number of nitrogens with zero attached hydrogens (tertiary/aromatic N) is 3. The molecule has 3 rings (SSSR count). The number of aromatic nitrogens is 2. The van der Waals surface area contributed by atoms with Gasteiger partial charge < -0.3 is 14.8 Å². The smallest absolute Gasteiger partial charge is 0.182 e. The maximum Gasteiger partial charge on any atom is 0.182 e. The van der Waals surface area contributed by atoms with E-state index in [0.717, 1.165) is 12.8 Å². The number of nitrogens with one attached hydrogen (secondary N) is 1. The Morgan fingerprint density at radius 1 is 1.24 bits per heavy atom. The van der Waals surface area contributed by atoms with E-state index in [4.69, 9.17) is 14.7 Å². The van der Waals surface area contributed by atoms with Crippen molar-refractivity contribution in [3.63, 3.8) is 0 Å². The molecule has 1 unspecified atom stereocenters. The standard InChI is InChI=1S/C15H20N4O2/c16-9-13-14(18-8-7-17-13)19-10-12-11-20-15(21-12)5-3-1-2-4-6-15/h7-8,12H,1-6,10-11H2,(H,18,19). The summed E-state index contributed by atoms with van der Waals surface area (Å²) in [7, 11) is 0. The Bertz CT molecular complexity index is 521. The largest absolute Gasteiger partial charge is 0.365 e. The van der Waals surface area contributed by atoms with Gasteiger partial charge in [-0.15, -0.1) is 0 Å². The summed E-state index contributed by atoms with van der Waals surface area (Å²) in [6.45, 7) is 1.17. The van der Waals surface area contributed by atoms with Crippen molar-refractivity contribution in [1.29, 1.82) is 5.26 Å². The first-order valence-corrected chi connectivity index (χ1v) is 7.58. The third-order valence-electron chi connectivity index (χ3n) is 4.08. The lowest BCUT2D eigenvalue weighted by Gasteiger charge is -2.26. The zero-order valence-corrected chi connectivity index (χ0v) is 12.0. The first kappa shape index (κ1) is 14.2. The second-order valence-corrected chi connectivity index (χ2v) is 5.62. The summed E-state index contributed by atoms with van der Waals surface area (Å²) in [5, 5.41) is 12.1. The van der Waals surface area contributed by atoms with Crippen molar-refractivity contribution < 1.29 is 9.47 Å². The van der Waals surface area contributed by atoms with Gasteiger partial charge in [-0.2, -0.15) is 5.26 Å². The van der Waals surface area contributed by atoms with E-state index in [1.165, 1.54) is 31.9 Å². The normalized spacial score (nSPS) is 24.4. The SMILES string of the molecule is N#Cc1nccnc1NCC1COC2(CCCCCC2)O1. The quantitative estimate of drug-likeness (QED) is 0.918. The zero-order valence-electron chi connectivity index (χ0n) is 12.0. The maximum atomic E-state index is 8.99. The lowest BCUT2D eigenvalue weighted by molar-refractivity contribution is -0.174. The number of anilines is 1. The number of ether oxygens (including phenoxy) is 2. The van der Waals surface area contributed by atoms with E-state index in [2.05, 4.69) is 15.3 Å². The predicted molar refractivity (Wildman–Crippen MR) is 76.5 cm³/mol. The van der Waals surface area contributed by atoms with Crippen LogP contribution in [0.1, 0.15) is 44.2 Å². The first-order valence-electron chi connectivity index (χ1n) is 7.58. The van der Waals surface area contributed by atoms with E-state index in [0.29, 0.717) is 24.7 Å². The minimum atomic E-state index is -0.372. The number of hydrogen-bond acceptors (Lipinski definition) is 6. The van der Waals surface area contributed by atoms with Gasteiger partial charge in [0, 0.05) is 31.8 Å². The Hall–Kier alpha value is -1.71. The lowest BCUT2D eigenvalue weighted by Crippen LogP contribution is -2.31. The molecule has 0 amide bonds. The van der Waals surface area contributed by atoms with Gasteiger partial charge in [0.25, 0.3) is 0 Å². The van der Waals surface area contributed by atoms with Crippen LogP contribution in [0.4, 0.5) is 5.82 Å². The Morgan fingerprint density at radius 3 is 2.76 bits per heavy atom. The van der Waals surface area contributed by atoms with Gasteiger partial charge in [-0.25, -0.2) is 9.97 Å². The zero-order chi connectivity index (χ0) is 14.5. The summed E-state index contributed by atoms with van der Waals surface area (Å²) in [6, 6.07) is 2.03. The van der Waals surface area contributed by atoms with Gasteiger partial charge in [-0.3, -0.25) is 0 Å². The molecule has 112 valence electrons. The van der Waals surface area contributed by atoms with Gasteiger partial charge in [0.1, 0.15) is 12.2 Å². The molecule has 1 aliphatic carbocycles. The van der Waals surface area contributed by atoms with Gasteiger partial charge in [-0.1, -0.05) is 12.8 Å². The predicted octanol–water partition coefficient (Wildman–Crippen LogP) is 2.23. The molecule has 2 fully saturated rings. The molecule has 21 heavy (non-hydrogen) atoms. The number of hydrogen-bond donors (Lipinski definition) is 1. The fourth-order valence-electron chi connectivity index (χ4n) is 3.01. The van der Waals surface area contributed by atoms with Gasteiger partial charge in [0.15, 0.2) is 17.3 Å². The fraction of sp³-hybridized carbons (Fsp3) is 0.667. The van der Waals surface area contributed by atoms with Crippen LogP contribution < -0.4 is 5.32 Å². The molecular weight excluding hydrogens is 268 g/mol. The maximum absolute atomic E-state index is 8.99. The van der Waals surface area contributed by atoms with Crippen LogP contribution in [-0.4, -0.2) is 35.0 Å². The van der Waals surface area contributed by atoms with Crippen molar-refractivity contribution in [2.75, 3.05) is 18.5 Å². The Morgan fingerprint density at radius 2 is 2.00 bits per heavy atom. The summed E-state index contributed by atoms with van der Waals surface area (Å²) in [4.78, 5) is 8.12. The molecule has 1 N–H and O–H groups in total. The highest BCUT2D eigenvalue weighted by Crippen LogP contribution is 2.36. The second-order valence-electron chi connectivity index (χ2n) is 5.62. The van der Waals surface area contributed by atoms with Crippen molar-refractivity contribution in [1.82, 2.24) is 9.97 Å². The molecule has 1 aromatic heterocycles. The highest BCUT2D eigenvalue weighted by atomic mass is 16.7. The van der Waals surface area contributed by atoms with E-state index in [1.807, 2.05) is 6.07 Å². The second kappa shape index (κ2) is 6.37. The molecule has 0 bridgehead atoms. The highest BCUT2D eigenvalue weighted by molar-refractivity contribution is 5.46. The van der Waals surface area contributed by atoms with Crippen molar-refractivity contribution in [2.24, 2.45) is 0 Å². The lowest BCUT2D eigenvalue weighted by atomic mass is 10.1. The summed E-state index contributed by atoms with van der Waals surface area (Å²) in [6.07, 6.45) is 9.92. The Labute approximate surface area is 124 Å². The topological polar surface area (TPSA) is 80.1 Å². The third-order valence-corrected chi connectivity index (χ3v) is 4.08. The molecule has 2 heterocycles. The summed E-state index contributed by atoms with van der Waals surface area (Å²) in [5.74, 6) is 0.133. The van der Waals surface area contributed by atoms with Crippen LogP contribution >= 0.6 is 0 Å². The van der Waals surface area contributed by atoms with Crippen molar-refractivity contribution >= 4 is 5.82 Å². The summed E-state index contributed by atoms with van der Waals surface area (Å²) >= 11 is 0. The van der Waals surface area contributed by atoms with Gasteiger partial charge in [0.2, 0.25) is 0 Å². The van der Waals surface area contributed by atoms with Crippen LogP contribution in [0, 0.1) is 11.3 Å². The minimum absolute atomic E-state index is 0.00310. The molecule has 0 radical (unpaired) electrons. The molecule has 1 atom stereocenters. The first-order chi connectivity index (χ1) is 10.3. The summed E-state index contributed by atoms with van der Waals surface area (Å²) < 4.78 is 12.1.